The highest BCUT2D eigenvalue weighted by molar-refractivity contribution is 7.99. The highest BCUT2D eigenvalue weighted by Gasteiger charge is 2.12. The predicted octanol–water partition coefficient (Wildman–Crippen LogP) is 2.11. The first-order chi connectivity index (χ1) is 10.4. The van der Waals surface area contributed by atoms with Crippen LogP contribution < -0.4 is 0 Å². The van der Waals surface area contributed by atoms with Crippen molar-refractivity contribution in [1.29, 1.82) is 0 Å². The van der Waals surface area contributed by atoms with Gasteiger partial charge in [0.2, 0.25) is 0 Å². The lowest BCUT2D eigenvalue weighted by Gasteiger charge is -2.12. The molecule has 126 valence electrons. The molecule has 0 saturated heterocycles. The number of hydrogen-bond acceptors (Lipinski definition) is 7. The van der Waals surface area contributed by atoms with Crippen LogP contribution in [0.15, 0.2) is 12.2 Å². The van der Waals surface area contributed by atoms with Gasteiger partial charge in [-0.25, -0.2) is 4.79 Å². The second kappa shape index (κ2) is 12.1. The van der Waals surface area contributed by atoms with Crippen LogP contribution in [0, 0.1) is 0 Å². The van der Waals surface area contributed by atoms with Crippen LogP contribution in [-0.4, -0.2) is 48.7 Å². The van der Waals surface area contributed by atoms with Crippen LogP contribution >= 0.6 is 11.8 Å². The summed E-state index contributed by atoms with van der Waals surface area (Å²) >= 11 is 1.68. The summed E-state index contributed by atoms with van der Waals surface area (Å²) in [6.45, 7) is 8.72. The monoisotopic (exact) mass is 332 g/mol. The summed E-state index contributed by atoms with van der Waals surface area (Å²) in [5, 5.41) is 0. The van der Waals surface area contributed by atoms with Gasteiger partial charge >= 0.3 is 17.9 Å². The van der Waals surface area contributed by atoms with Crippen molar-refractivity contribution >= 4 is 29.7 Å². The normalized spacial score (nSPS) is 11.4. The quantitative estimate of drug-likeness (QED) is 0.248. The molecule has 0 fully saturated rings. The van der Waals surface area contributed by atoms with E-state index < -0.39 is 17.9 Å². The number of ether oxygens (including phenoxy) is 3. The number of esters is 3. The van der Waals surface area contributed by atoms with E-state index in [0.29, 0.717) is 0 Å². The van der Waals surface area contributed by atoms with Gasteiger partial charge in [-0.05, 0) is 19.6 Å². The van der Waals surface area contributed by atoms with Crippen LogP contribution in [0.25, 0.3) is 0 Å². The van der Waals surface area contributed by atoms with Crippen molar-refractivity contribution < 1.29 is 28.6 Å². The van der Waals surface area contributed by atoms with Gasteiger partial charge in [0.05, 0.1) is 12.8 Å². The van der Waals surface area contributed by atoms with Gasteiger partial charge in [0, 0.05) is 11.3 Å². The summed E-state index contributed by atoms with van der Waals surface area (Å²) in [6, 6.07) is 0. The van der Waals surface area contributed by atoms with Gasteiger partial charge in [-0.3, -0.25) is 9.59 Å². The predicted molar refractivity (Wildman–Crippen MR) is 84.5 cm³/mol. The molecule has 0 heterocycles. The van der Waals surface area contributed by atoms with Crippen molar-refractivity contribution in [2.24, 2.45) is 0 Å². The van der Waals surface area contributed by atoms with Crippen molar-refractivity contribution in [3.8, 4) is 0 Å². The molecular formula is C15H24O6S. The summed E-state index contributed by atoms with van der Waals surface area (Å²) in [5.74, 6) is 0.220. The van der Waals surface area contributed by atoms with E-state index in [1.54, 1.807) is 11.8 Å². The summed E-state index contributed by atoms with van der Waals surface area (Å²) < 4.78 is 14.7. The largest absolute Gasteiger partial charge is 0.462 e. The molecule has 0 aliphatic heterocycles. The van der Waals surface area contributed by atoms with E-state index in [2.05, 4.69) is 6.58 Å². The van der Waals surface area contributed by atoms with Crippen LogP contribution in [0.5, 0.6) is 0 Å². The Morgan fingerprint density at radius 2 is 1.68 bits per heavy atom. The zero-order chi connectivity index (χ0) is 17.0. The maximum absolute atomic E-state index is 11.5. The van der Waals surface area contributed by atoms with Crippen molar-refractivity contribution in [1.82, 2.24) is 0 Å². The Balaban J connectivity index is 3.70. The molecule has 6 nitrogen and oxygen atoms in total. The molecule has 1 atom stereocenters. The maximum Gasteiger partial charge on any atom is 0.333 e. The third-order valence-corrected chi connectivity index (χ3v) is 3.46. The van der Waals surface area contributed by atoms with Gasteiger partial charge in [0.1, 0.15) is 19.3 Å². The highest BCUT2D eigenvalue weighted by atomic mass is 32.2. The fourth-order valence-corrected chi connectivity index (χ4v) is 1.93. The molecule has 0 amide bonds. The fourth-order valence-electron chi connectivity index (χ4n) is 1.29. The minimum Gasteiger partial charge on any atom is -0.462 e. The summed E-state index contributed by atoms with van der Waals surface area (Å²) in [6.07, 6.45) is -0.248. The molecule has 0 radical (unpaired) electrons. The Hall–Kier alpha value is -1.50. The van der Waals surface area contributed by atoms with Crippen molar-refractivity contribution in [2.45, 2.75) is 39.7 Å². The third-order valence-electron chi connectivity index (χ3n) is 2.35. The van der Waals surface area contributed by atoms with E-state index in [-0.39, 0.29) is 37.7 Å². The second-order valence-electron chi connectivity index (χ2n) is 4.60. The average Bonchev–Trinajstić information content (AvgIpc) is 2.46. The highest BCUT2D eigenvalue weighted by Crippen LogP contribution is 2.06. The number of rotatable bonds is 11. The Morgan fingerprint density at radius 1 is 1.09 bits per heavy atom. The van der Waals surface area contributed by atoms with Gasteiger partial charge < -0.3 is 14.2 Å². The molecule has 7 heteroatoms. The van der Waals surface area contributed by atoms with E-state index in [9.17, 15) is 14.4 Å². The molecule has 0 spiro atoms. The molecule has 0 rings (SSSR count). The number of thioether (sulfide) groups is 1. The first-order valence-electron chi connectivity index (χ1n) is 7.12. The van der Waals surface area contributed by atoms with E-state index in [1.165, 1.54) is 6.92 Å². The van der Waals surface area contributed by atoms with Crippen molar-refractivity contribution in [3.05, 3.63) is 12.2 Å². The lowest BCUT2D eigenvalue weighted by molar-refractivity contribution is -0.154. The van der Waals surface area contributed by atoms with E-state index >= 15 is 0 Å². The standard InChI is InChI=1S/C15H24O6S/c1-5-22-10-12(4)21-14(17)7-6-13(16)19-8-9-20-15(18)11(2)3/h12H,2,5-10H2,1,3-4H3. The first-order valence-corrected chi connectivity index (χ1v) is 8.27. The molecule has 0 aromatic heterocycles. The lowest BCUT2D eigenvalue weighted by atomic mass is 10.3. The summed E-state index contributed by atoms with van der Waals surface area (Å²) in [5.41, 5.74) is 0.282. The minimum atomic E-state index is -0.529. The Morgan fingerprint density at radius 3 is 2.27 bits per heavy atom. The number of carbonyl (C=O) groups is 3. The zero-order valence-electron chi connectivity index (χ0n) is 13.4. The molecular weight excluding hydrogens is 308 g/mol. The van der Waals surface area contributed by atoms with E-state index in [1.807, 2.05) is 13.8 Å². The lowest BCUT2D eigenvalue weighted by Crippen LogP contribution is -2.19. The van der Waals surface area contributed by atoms with Crippen molar-refractivity contribution in [2.75, 3.05) is 24.7 Å². The molecule has 0 bridgehead atoms. The van der Waals surface area contributed by atoms with Crippen molar-refractivity contribution in [3.63, 3.8) is 0 Å². The van der Waals surface area contributed by atoms with Gasteiger partial charge in [0.25, 0.3) is 0 Å². The topological polar surface area (TPSA) is 78.9 Å². The molecule has 0 aliphatic carbocycles. The Labute approximate surface area is 135 Å². The molecule has 0 aliphatic rings. The van der Waals surface area contributed by atoms with Crippen LogP contribution in [-0.2, 0) is 28.6 Å². The fraction of sp³-hybridized carbons (Fsp3) is 0.667. The molecule has 1 unspecified atom stereocenters. The molecule has 0 saturated carbocycles. The van der Waals surface area contributed by atoms with Crippen LogP contribution in [0.2, 0.25) is 0 Å². The summed E-state index contributed by atoms with van der Waals surface area (Å²) in [4.78, 5) is 33.9. The van der Waals surface area contributed by atoms with E-state index in [4.69, 9.17) is 14.2 Å². The average molecular weight is 332 g/mol. The Kier molecular flexibility index (Phi) is 11.3. The minimum absolute atomic E-state index is 0.0223. The molecule has 22 heavy (non-hydrogen) atoms. The smallest absolute Gasteiger partial charge is 0.333 e. The number of carbonyl (C=O) groups excluding carboxylic acids is 3. The number of hydrogen-bond donors (Lipinski definition) is 0. The van der Waals surface area contributed by atoms with E-state index in [0.717, 1.165) is 11.5 Å². The zero-order valence-corrected chi connectivity index (χ0v) is 14.2. The van der Waals surface area contributed by atoms with Gasteiger partial charge in [-0.15, -0.1) is 0 Å². The van der Waals surface area contributed by atoms with Crippen LogP contribution in [0.4, 0.5) is 0 Å². The van der Waals surface area contributed by atoms with Gasteiger partial charge in [-0.2, -0.15) is 11.8 Å². The molecule has 0 N–H and O–H groups in total. The van der Waals surface area contributed by atoms with Crippen LogP contribution in [0.1, 0.15) is 33.6 Å². The first kappa shape index (κ1) is 20.5. The third kappa shape index (κ3) is 11.2. The van der Waals surface area contributed by atoms with Gasteiger partial charge in [-0.1, -0.05) is 13.5 Å². The maximum atomic E-state index is 11.5. The van der Waals surface area contributed by atoms with Crippen LogP contribution in [0.3, 0.4) is 0 Å². The molecule has 0 aromatic rings. The summed E-state index contributed by atoms with van der Waals surface area (Å²) in [7, 11) is 0. The molecule has 0 aromatic carbocycles. The second-order valence-corrected chi connectivity index (χ2v) is 5.92. The Bertz CT molecular complexity index is 393. The van der Waals surface area contributed by atoms with Gasteiger partial charge in [0.15, 0.2) is 0 Å². The SMILES string of the molecule is C=C(C)C(=O)OCCOC(=O)CCC(=O)OC(C)CSCC.